The molecule has 4 heteroatoms. The van der Waals surface area contributed by atoms with Gasteiger partial charge in [-0.15, -0.1) is 0 Å². The normalized spacial score (nSPS) is 23.1. The first-order valence-corrected chi connectivity index (χ1v) is 9.94. The summed E-state index contributed by atoms with van der Waals surface area (Å²) in [6, 6.07) is 18.5. The van der Waals surface area contributed by atoms with Gasteiger partial charge in [0.1, 0.15) is 17.9 Å². The summed E-state index contributed by atoms with van der Waals surface area (Å²) in [7, 11) is 1.94. The van der Waals surface area contributed by atoms with Gasteiger partial charge in [-0.05, 0) is 43.9 Å². The number of amides is 1. The van der Waals surface area contributed by atoms with E-state index in [1.54, 1.807) is 0 Å². The van der Waals surface area contributed by atoms with Crippen molar-refractivity contribution in [3.05, 3.63) is 65.7 Å². The van der Waals surface area contributed by atoms with E-state index in [1.807, 2.05) is 42.3 Å². The molecule has 1 amide bonds. The van der Waals surface area contributed by atoms with Crippen LogP contribution in [0.5, 0.6) is 5.75 Å². The Morgan fingerprint density at radius 1 is 0.963 bits per heavy atom. The highest BCUT2D eigenvalue weighted by Gasteiger charge is 2.49. The quantitative estimate of drug-likeness (QED) is 0.808. The van der Waals surface area contributed by atoms with E-state index in [-0.39, 0.29) is 5.54 Å². The van der Waals surface area contributed by atoms with Gasteiger partial charge < -0.3 is 9.64 Å². The van der Waals surface area contributed by atoms with Gasteiger partial charge in [-0.1, -0.05) is 48.5 Å². The molecule has 2 aliphatic rings. The Labute approximate surface area is 161 Å². The summed E-state index contributed by atoms with van der Waals surface area (Å²) in [6.07, 6.45) is 4.13. The molecular formula is C23H28N2O2. The van der Waals surface area contributed by atoms with E-state index < -0.39 is 0 Å². The van der Waals surface area contributed by atoms with E-state index in [9.17, 15) is 4.79 Å². The van der Waals surface area contributed by atoms with Crippen LogP contribution in [0.25, 0.3) is 0 Å². The molecule has 0 saturated carbocycles. The minimum absolute atomic E-state index is 0.300. The molecule has 0 N–H and O–H groups in total. The Morgan fingerprint density at radius 3 is 2.48 bits per heavy atom. The van der Waals surface area contributed by atoms with Gasteiger partial charge in [0.2, 0.25) is 5.91 Å². The Hall–Kier alpha value is -2.33. The molecule has 142 valence electrons. The minimum Gasteiger partial charge on any atom is -0.489 e. The van der Waals surface area contributed by atoms with Crippen LogP contribution in [0, 0.1) is 0 Å². The summed E-state index contributed by atoms with van der Waals surface area (Å²) in [4.78, 5) is 17.3. The lowest BCUT2D eigenvalue weighted by Gasteiger charge is -2.43. The average Bonchev–Trinajstić information content (AvgIpc) is 3.09. The standard InChI is InChI=1S/C23H28N2O2/c1-24-15-7-13-23(22(24)26)14-8-16-25(23)17-20-11-5-6-12-21(20)27-18-19-9-3-2-4-10-19/h2-6,9-12H,7-8,13-18H2,1H3. The number of hydrogen-bond donors (Lipinski definition) is 0. The van der Waals surface area contributed by atoms with Crippen molar-refractivity contribution in [2.24, 2.45) is 0 Å². The highest BCUT2D eigenvalue weighted by molar-refractivity contribution is 5.87. The van der Waals surface area contributed by atoms with Crippen LogP contribution in [0.3, 0.4) is 0 Å². The third-order valence-corrected chi connectivity index (χ3v) is 6.02. The van der Waals surface area contributed by atoms with Crippen molar-refractivity contribution in [2.45, 2.75) is 44.4 Å². The maximum absolute atomic E-state index is 13.0. The highest BCUT2D eigenvalue weighted by atomic mass is 16.5. The zero-order chi connectivity index (χ0) is 18.7. The van der Waals surface area contributed by atoms with E-state index in [1.165, 1.54) is 0 Å². The molecule has 2 heterocycles. The summed E-state index contributed by atoms with van der Waals surface area (Å²) >= 11 is 0. The Bertz CT molecular complexity index is 792. The largest absolute Gasteiger partial charge is 0.489 e. The number of likely N-dealkylation sites (tertiary alicyclic amines) is 2. The van der Waals surface area contributed by atoms with Crippen LogP contribution in [-0.2, 0) is 17.9 Å². The summed E-state index contributed by atoms with van der Waals surface area (Å²) in [6.45, 7) is 3.19. The van der Waals surface area contributed by atoms with E-state index in [4.69, 9.17) is 4.74 Å². The molecule has 4 rings (SSSR count). The van der Waals surface area contributed by atoms with Crippen LogP contribution < -0.4 is 4.74 Å². The number of likely N-dealkylation sites (N-methyl/N-ethyl adjacent to an activating group) is 1. The number of para-hydroxylation sites is 1. The van der Waals surface area contributed by atoms with Crippen LogP contribution in [0.4, 0.5) is 0 Å². The molecule has 0 bridgehead atoms. The predicted molar refractivity (Wildman–Crippen MR) is 106 cm³/mol. The number of nitrogens with zero attached hydrogens (tertiary/aromatic N) is 2. The molecule has 2 aliphatic heterocycles. The smallest absolute Gasteiger partial charge is 0.242 e. The van der Waals surface area contributed by atoms with Crippen LogP contribution >= 0.6 is 0 Å². The lowest BCUT2D eigenvalue weighted by Crippen LogP contribution is -2.58. The fraction of sp³-hybridized carbons (Fsp3) is 0.435. The second-order valence-electron chi connectivity index (χ2n) is 7.77. The molecule has 2 saturated heterocycles. The van der Waals surface area contributed by atoms with Crippen molar-refractivity contribution in [1.82, 2.24) is 9.80 Å². The summed E-state index contributed by atoms with van der Waals surface area (Å²) in [5.41, 5.74) is 2.02. The van der Waals surface area contributed by atoms with Gasteiger partial charge in [0, 0.05) is 25.7 Å². The molecule has 1 unspecified atom stereocenters. The first-order chi connectivity index (χ1) is 13.2. The van der Waals surface area contributed by atoms with E-state index in [0.29, 0.717) is 12.5 Å². The summed E-state index contributed by atoms with van der Waals surface area (Å²) < 4.78 is 6.14. The van der Waals surface area contributed by atoms with Gasteiger partial charge in [-0.25, -0.2) is 0 Å². The topological polar surface area (TPSA) is 32.8 Å². The summed E-state index contributed by atoms with van der Waals surface area (Å²) in [5, 5.41) is 0. The number of piperidine rings is 1. The van der Waals surface area contributed by atoms with Gasteiger partial charge in [-0.2, -0.15) is 0 Å². The van der Waals surface area contributed by atoms with E-state index in [0.717, 1.165) is 62.2 Å². The molecule has 0 aromatic heterocycles. The molecule has 1 atom stereocenters. The monoisotopic (exact) mass is 364 g/mol. The fourth-order valence-electron chi connectivity index (χ4n) is 4.58. The van der Waals surface area contributed by atoms with Gasteiger partial charge in [0.15, 0.2) is 0 Å². The van der Waals surface area contributed by atoms with Gasteiger partial charge >= 0.3 is 0 Å². The lowest BCUT2D eigenvalue weighted by atomic mass is 9.85. The number of benzene rings is 2. The zero-order valence-electron chi connectivity index (χ0n) is 16.1. The molecular weight excluding hydrogens is 336 g/mol. The van der Waals surface area contributed by atoms with Gasteiger partial charge in [0.05, 0.1) is 0 Å². The number of carbonyl (C=O) groups is 1. The summed E-state index contributed by atoms with van der Waals surface area (Å²) in [5.74, 6) is 1.22. The Kier molecular flexibility index (Phi) is 5.17. The van der Waals surface area contributed by atoms with Gasteiger partial charge in [0.25, 0.3) is 0 Å². The van der Waals surface area contributed by atoms with Crippen molar-refractivity contribution in [3.63, 3.8) is 0 Å². The average molecular weight is 364 g/mol. The maximum atomic E-state index is 13.0. The number of ether oxygens (including phenoxy) is 1. The number of hydrogen-bond acceptors (Lipinski definition) is 3. The maximum Gasteiger partial charge on any atom is 0.242 e. The molecule has 2 aromatic carbocycles. The van der Waals surface area contributed by atoms with Crippen molar-refractivity contribution in [2.75, 3.05) is 20.1 Å². The third kappa shape index (κ3) is 3.59. The van der Waals surface area contributed by atoms with Crippen LogP contribution in [0.15, 0.2) is 54.6 Å². The van der Waals surface area contributed by atoms with E-state index in [2.05, 4.69) is 29.2 Å². The first kappa shape index (κ1) is 18.1. The second kappa shape index (κ2) is 7.73. The van der Waals surface area contributed by atoms with Crippen LogP contribution in [-0.4, -0.2) is 41.4 Å². The highest BCUT2D eigenvalue weighted by Crippen LogP contribution is 2.39. The van der Waals surface area contributed by atoms with Crippen molar-refractivity contribution >= 4 is 5.91 Å². The molecule has 1 spiro atoms. The first-order valence-electron chi connectivity index (χ1n) is 9.94. The Morgan fingerprint density at radius 2 is 1.67 bits per heavy atom. The molecule has 0 aliphatic carbocycles. The molecule has 0 radical (unpaired) electrons. The molecule has 2 fully saturated rings. The molecule has 4 nitrogen and oxygen atoms in total. The molecule has 2 aromatic rings. The predicted octanol–water partition coefficient (Wildman–Crippen LogP) is 3.85. The van der Waals surface area contributed by atoms with Crippen molar-refractivity contribution in [1.29, 1.82) is 0 Å². The van der Waals surface area contributed by atoms with Crippen LogP contribution in [0.1, 0.15) is 36.8 Å². The minimum atomic E-state index is -0.306. The third-order valence-electron chi connectivity index (χ3n) is 6.02. The second-order valence-corrected chi connectivity index (χ2v) is 7.77. The fourth-order valence-corrected chi connectivity index (χ4v) is 4.58. The van der Waals surface area contributed by atoms with Gasteiger partial charge in [-0.3, -0.25) is 9.69 Å². The number of carbonyl (C=O) groups excluding carboxylic acids is 1. The van der Waals surface area contributed by atoms with E-state index >= 15 is 0 Å². The SMILES string of the molecule is CN1CCCC2(CCCN2Cc2ccccc2OCc2ccccc2)C1=O. The lowest BCUT2D eigenvalue weighted by molar-refractivity contribution is -0.146. The van der Waals surface area contributed by atoms with Crippen LogP contribution in [0.2, 0.25) is 0 Å². The molecule has 27 heavy (non-hydrogen) atoms. The Balaban J connectivity index is 1.51. The number of rotatable bonds is 5. The van der Waals surface area contributed by atoms with Crippen molar-refractivity contribution < 1.29 is 9.53 Å². The zero-order valence-corrected chi connectivity index (χ0v) is 16.1. The van der Waals surface area contributed by atoms with Crippen molar-refractivity contribution in [3.8, 4) is 5.75 Å².